The quantitative estimate of drug-likeness (QED) is 0.578. The Morgan fingerprint density at radius 1 is 1.11 bits per heavy atom. The Hall–Kier alpha value is -2.35. The number of carbonyl (C=O) groups is 1. The fourth-order valence-corrected chi connectivity index (χ4v) is 6.28. The van der Waals surface area contributed by atoms with E-state index in [2.05, 4.69) is 40.6 Å². The highest BCUT2D eigenvalue weighted by Crippen LogP contribution is 2.43. The van der Waals surface area contributed by atoms with Crippen LogP contribution >= 0.6 is 0 Å². The number of amides is 1. The molecule has 1 aromatic heterocycles. The molecule has 200 valence electrons. The Morgan fingerprint density at radius 3 is 2.59 bits per heavy atom. The van der Waals surface area contributed by atoms with Gasteiger partial charge in [0.15, 0.2) is 0 Å². The lowest BCUT2D eigenvalue weighted by atomic mass is 9.69. The molecule has 3 heterocycles. The average molecular weight is 507 g/mol. The van der Waals surface area contributed by atoms with Gasteiger partial charge in [0.1, 0.15) is 11.5 Å². The summed E-state index contributed by atoms with van der Waals surface area (Å²) >= 11 is 0. The fraction of sp³-hybridized carbons (Fsp3) is 0.633. The first-order valence-electron chi connectivity index (χ1n) is 14.1. The summed E-state index contributed by atoms with van der Waals surface area (Å²) in [6, 6.07) is 11.6. The van der Waals surface area contributed by atoms with Gasteiger partial charge in [-0.2, -0.15) is 0 Å². The van der Waals surface area contributed by atoms with Crippen LogP contribution in [0.15, 0.2) is 30.3 Å². The van der Waals surface area contributed by atoms with Gasteiger partial charge in [0.2, 0.25) is 0 Å². The lowest BCUT2D eigenvalue weighted by Gasteiger charge is -2.38. The highest BCUT2D eigenvalue weighted by atomic mass is 16.5. The van der Waals surface area contributed by atoms with Crippen LogP contribution in [0.1, 0.15) is 77.6 Å². The molecule has 0 radical (unpaired) electrons. The van der Waals surface area contributed by atoms with Gasteiger partial charge in [-0.3, -0.25) is 4.79 Å². The molecule has 5 rings (SSSR count). The molecular formula is C30H42N4O3. The van der Waals surface area contributed by atoms with E-state index in [1.807, 2.05) is 18.7 Å². The van der Waals surface area contributed by atoms with E-state index in [-0.39, 0.29) is 12.0 Å². The molecule has 0 spiro atoms. The van der Waals surface area contributed by atoms with E-state index < -0.39 is 0 Å². The molecule has 2 aliphatic heterocycles. The number of likely N-dealkylation sites (tertiary alicyclic amines) is 1. The highest BCUT2D eigenvalue weighted by Gasteiger charge is 2.32. The van der Waals surface area contributed by atoms with Crippen LogP contribution in [0.25, 0.3) is 0 Å². The lowest BCUT2D eigenvalue weighted by Crippen LogP contribution is -2.54. The number of benzene rings is 1. The van der Waals surface area contributed by atoms with Gasteiger partial charge >= 0.3 is 0 Å². The number of carbonyl (C=O) groups excluding carboxylic acids is 1. The second-order valence-electron chi connectivity index (χ2n) is 11.2. The second kappa shape index (κ2) is 12.0. The zero-order valence-electron chi connectivity index (χ0n) is 22.6. The molecule has 1 aromatic carbocycles. The first-order valence-corrected chi connectivity index (χ1v) is 14.1. The van der Waals surface area contributed by atoms with Crippen molar-refractivity contribution in [2.45, 2.75) is 82.9 Å². The molecule has 0 bridgehead atoms. The van der Waals surface area contributed by atoms with Crippen LogP contribution in [0.2, 0.25) is 0 Å². The average Bonchev–Trinajstić information content (AvgIpc) is 2.90. The van der Waals surface area contributed by atoms with E-state index in [0.717, 1.165) is 69.0 Å². The number of aromatic nitrogens is 2. The summed E-state index contributed by atoms with van der Waals surface area (Å²) in [4.78, 5) is 24.8. The van der Waals surface area contributed by atoms with E-state index in [9.17, 15) is 4.79 Å². The molecule has 3 fully saturated rings. The highest BCUT2D eigenvalue weighted by molar-refractivity contribution is 5.94. The van der Waals surface area contributed by atoms with Gasteiger partial charge in [-0.05, 0) is 76.2 Å². The Morgan fingerprint density at radius 2 is 1.86 bits per heavy atom. The summed E-state index contributed by atoms with van der Waals surface area (Å²) in [5.41, 5.74) is 4.06. The Kier molecular flexibility index (Phi) is 8.53. The third kappa shape index (κ3) is 6.21. The first kappa shape index (κ1) is 26.3. The molecule has 1 amide bonds. The lowest BCUT2D eigenvalue weighted by molar-refractivity contribution is -0.0533. The predicted octanol–water partition coefficient (Wildman–Crippen LogP) is 4.22. The van der Waals surface area contributed by atoms with Gasteiger partial charge < -0.3 is 19.7 Å². The van der Waals surface area contributed by atoms with E-state index >= 15 is 0 Å². The maximum atomic E-state index is 13.5. The van der Waals surface area contributed by atoms with Crippen LogP contribution < -0.4 is 5.32 Å². The molecule has 1 N–H and O–H groups in total. The third-order valence-corrected chi connectivity index (χ3v) is 8.70. The van der Waals surface area contributed by atoms with Gasteiger partial charge in [0.05, 0.1) is 12.7 Å². The normalized spacial score (nSPS) is 26.6. The number of nitrogens with one attached hydrogen (secondary N) is 1. The minimum Gasteiger partial charge on any atom is -0.379 e. The number of rotatable bonds is 8. The fourth-order valence-electron chi connectivity index (χ4n) is 6.28. The van der Waals surface area contributed by atoms with Crippen LogP contribution in [0.4, 0.5) is 0 Å². The molecular weight excluding hydrogens is 464 g/mol. The van der Waals surface area contributed by atoms with Crippen molar-refractivity contribution in [3.63, 3.8) is 0 Å². The zero-order chi connectivity index (χ0) is 25.8. The second-order valence-corrected chi connectivity index (χ2v) is 11.2. The molecule has 3 aliphatic rings. The number of hydrogen-bond acceptors (Lipinski definition) is 6. The monoisotopic (exact) mass is 506 g/mol. The summed E-state index contributed by atoms with van der Waals surface area (Å²) < 4.78 is 11.2. The standard InChI is InChI=1S/C30H42N4O3/c1-20-26(10-9-22-17-24(18-22)23-7-5-4-6-8-23)31-21(2)32-29(20)30(35)34-14-11-25(12-15-34)33-27-13-16-37-19-28(27)36-3/h4-8,22,24-25,27-28,33H,9-19H2,1-3H3/t22?,24?,27-,28+/m0/s1. The maximum absolute atomic E-state index is 13.5. The molecule has 2 aromatic rings. The van der Waals surface area contributed by atoms with Crippen molar-refractivity contribution in [1.82, 2.24) is 20.2 Å². The summed E-state index contributed by atoms with van der Waals surface area (Å²) in [6.07, 6.45) is 7.50. The molecule has 7 nitrogen and oxygen atoms in total. The minimum atomic E-state index is 0.0521. The number of aryl methyl sites for hydroxylation is 2. The number of methoxy groups -OCH3 is 1. The summed E-state index contributed by atoms with van der Waals surface area (Å²) in [6.45, 7) is 6.85. The zero-order valence-corrected chi connectivity index (χ0v) is 22.6. The van der Waals surface area contributed by atoms with Crippen molar-refractivity contribution < 1.29 is 14.3 Å². The van der Waals surface area contributed by atoms with E-state index in [0.29, 0.717) is 36.1 Å². The molecule has 0 unspecified atom stereocenters. The number of ether oxygens (including phenoxy) is 2. The van der Waals surface area contributed by atoms with Gasteiger partial charge in [0.25, 0.3) is 5.91 Å². The van der Waals surface area contributed by atoms with Crippen molar-refractivity contribution in [2.24, 2.45) is 5.92 Å². The van der Waals surface area contributed by atoms with E-state index in [1.54, 1.807) is 7.11 Å². The molecule has 2 saturated heterocycles. The van der Waals surface area contributed by atoms with E-state index in [1.165, 1.54) is 18.4 Å². The van der Waals surface area contributed by atoms with Crippen LogP contribution in [0, 0.1) is 19.8 Å². The number of nitrogens with zero attached hydrogens (tertiary/aromatic N) is 3. The maximum Gasteiger partial charge on any atom is 0.272 e. The van der Waals surface area contributed by atoms with Crippen LogP contribution in [0.3, 0.4) is 0 Å². The van der Waals surface area contributed by atoms with Crippen molar-refractivity contribution in [3.8, 4) is 0 Å². The van der Waals surface area contributed by atoms with Crippen molar-refractivity contribution in [3.05, 3.63) is 58.7 Å². The molecule has 1 aliphatic carbocycles. The van der Waals surface area contributed by atoms with Gasteiger partial charge in [-0.15, -0.1) is 0 Å². The van der Waals surface area contributed by atoms with Crippen molar-refractivity contribution >= 4 is 5.91 Å². The third-order valence-electron chi connectivity index (χ3n) is 8.70. The first-order chi connectivity index (χ1) is 18.0. The number of hydrogen-bond donors (Lipinski definition) is 1. The van der Waals surface area contributed by atoms with Crippen LogP contribution in [-0.2, 0) is 15.9 Å². The Bertz CT molecular complexity index is 1050. The van der Waals surface area contributed by atoms with Gasteiger partial charge in [0, 0.05) is 50.1 Å². The van der Waals surface area contributed by atoms with Crippen LogP contribution in [0.5, 0.6) is 0 Å². The number of piperidine rings is 1. The summed E-state index contributed by atoms with van der Waals surface area (Å²) in [5, 5.41) is 3.77. The smallest absolute Gasteiger partial charge is 0.272 e. The van der Waals surface area contributed by atoms with Gasteiger partial charge in [-0.1, -0.05) is 30.3 Å². The molecule has 1 saturated carbocycles. The molecule has 2 atom stereocenters. The van der Waals surface area contributed by atoms with E-state index in [4.69, 9.17) is 14.5 Å². The largest absolute Gasteiger partial charge is 0.379 e. The van der Waals surface area contributed by atoms with Crippen molar-refractivity contribution in [2.75, 3.05) is 33.4 Å². The summed E-state index contributed by atoms with van der Waals surface area (Å²) in [7, 11) is 1.75. The predicted molar refractivity (Wildman–Crippen MR) is 144 cm³/mol. The Balaban J connectivity index is 1.14. The van der Waals surface area contributed by atoms with Gasteiger partial charge in [-0.25, -0.2) is 9.97 Å². The minimum absolute atomic E-state index is 0.0521. The molecule has 7 heteroatoms. The summed E-state index contributed by atoms with van der Waals surface area (Å²) in [5.74, 6) is 2.18. The van der Waals surface area contributed by atoms with Crippen molar-refractivity contribution in [1.29, 1.82) is 0 Å². The molecule has 37 heavy (non-hydrogen) atoms. The SMILES string of the molecule is CO[C@@H]1COCC[C@@H]1NC1CCN(C(=O)c2nc(C)nc(CCC3CC(c4ccccc4)C3)c2C)CC1. The Labute approximate surface area is 221 Å². The van der Waals surface area contributed by atoms with Crippen LogP contribution in [-0.4, -0.2) is 72.4 Å². The topological polar surface area (TPSA) is 76.6 Å².